The van der Waals surface area contributed by atoms with Crippen molar-refractivity contribution in [1.82, 2.24) is 10.3 Å². The maximum Gasteiger partial charge on any atom is 0.255 e. The lowest BCUT2D eigenvalue weighted by Gasteiger charge is -2.27. The van der Waals surface area contributed by atoms with Gasteiger partial charge in [-0.3, -0.25) is 9.59 Å². The Morgan fingerprint density at radius 1 is 1.23 bits per heavy atom. The van der Waals surface area contributed by atoms with E-state index in [0.717, 1.165) is 24.5 Å². The lowest BCUT2D eigenvalue weighted by atomic mass is 10.1. The standard InChI is InChI=1S/C21H25ClN4O4/c1-29-17-10-15(9-16(22)20(17)30-13-18(23)27)21(28)25-12-14-5-6-19(24-11-14)26-7-3-2-4-8-26/h5-6,9-11H,2-4,7-8,12-13H2,1H3,(H2,23,27)(H,25,28). The lowest BCUT2D eigenvalue weighted by Crippen LogP contribution is -2.30. The molecule has 0 unspecified atom stereocenters. The number of rotatable bonds is 8. The average Bonchev–Trinajstić information content (AvgIpc) is 2.77. The second-order valence-corrected chi connectivity index (χ2v) is 7.41. The van der Waals surface area contributed by atoms with Crippen molar-refractivity contribution >= 4 is 29.2 Å². The summed E-state index contributed by atoms with van der Waals surface area (Å²) >= 11 is 6.20. The van der Waals surface area contributed by atoms with Crippen molar-refractivity contribution in [3.05, 3.63) is 46.6 Å². The predicted octanol–water partition coefficient (Wildman–Crippen LogP) is 2.53. The number of hydrogen-bond donors (Lipinski definition) is 2. The number of pyridine rings is 1. The number of benzene rings is 1. The first-order valence-electron chi connectivity index (χ1n) is 9.74. The van der Waals surface area contributed by atoms with Crippen LogP contribution >= 0.6 is 11.6 Å². The summed E-state index contributed by atoms with van der Waals surface area (Å²) in [7, 11) is 1.42. The number of carbonyl (C=O) groups is 2. The van der Waals surface area contributed by atoms with Crippen LogP contribution in [0.15, 0.2) is 30.5 Å². The summed E-state index contributed by atoms with van der Waals surface area (Å²) in [6.45, 7) is 2.05. The minimum atomic E-state index is -0.644. The van der Waals surface area contributed by atoms with Gasteiger partial charge in [-0.2, -0.15) is 0 Å². The molecule has 8 nitrogen and oxygen atoms in total. The Kier molecular flexibility index (Phi) is 7.35. The molecular formula is C21H25ClN4O4. The van der Waals surface area contributed by atoms with Crippen molar-refractivity contribution in [3.8, 4) is 11.5 Å². The van der Waals surface area contributed by atoms with Gasteiger partial charge in [0, 0.05) is 31.4 Å². The first-order chi connectivity index (χ1) is 14.5. The monoisotopic (exact) mass is 432 g/mol. The zero-order valence-corrected chi connectivity index (χ0v) is 17.6. The number of methoxy groups -OCH3 is 1. The van der Waals surface area contributed by atoms with Crippen molar-refractivity contribution in [2.24, 2.45) is 5.73 Å². The topological polar surface area (TPSA) is 107 Å². The van der Waals surface area contributed by atoms with Gasteiger partial charge in [-0.05, 0) is 43.0 Å². The number of halogens is 1. The van der Waals surface area contributed by atoms with Crippen LogP contribution in [-0.4, -0.2) is 43.6 Å². The van der Waals surface area contributed by atoms with Crippen LogP contribution < -0.4 is 25.4 Å². The maximum atomic E-state index is 12.6. The number of carbonyl (C=O) groups excluding carboxylic acids is 2. The average molecular weight is 433 g/mol. The number of amides is 2. The molecule has 30 heavy (non-hydrogen) atoms. The fraction of sp³-hybridized carbons (Fsp3) is 0.381. The van der Waals surface area contributed by atoms with Crippen molar-refractivity contribution < 1.29 is 19.1 Å². The Balaban J connectivity index is 1.62. The van der Waals surface area contributed by atoms with Crippen molar-refractivity contribution in [2.45, 2.75) is 25.8 Å². The van der Waals surface area contributed by atoms with Gasteiger partial charge < -0.3 is 25.4 Å². The molecule has 1 aromatic heterocycles. The van der Waals surface area contributed by atoms with Gasteiger partial charge in [-0.25, -0.2) is 4.98 Å². The summed E-state index contributed by atoms with van der Waals surface area (Å²) in [5, 5.41) is 2.99. The van der Waals surface area contributed by atoms with Gasteiger partial charge in [0.2, 0.25) is 0 Å². The first kappa shape index (κ1) is 21.7. The maximum absolute atomic E-state index is 12.6. The van der Waals surface area contributed by atoms with E-state index in [-0.39, 0.29) is 29.0 Å². The van der Waals surface area contributed by atoms with E-state index in [1.807, 2.05) is 12.1 Å². The van der Waals surface area contributed by atoms with E-state index < -0.39 is 5.91 Å². The van der Waals surface area contributed by atoms with Crippen LogP contribution in [0.25, 0.3) is 0 Å². The Labute approximate surface area is 180 Å². The molecule has 0 atom stereocenters. The highest BCUT2D eigenvalue weighted by atomic mass is 35.5. The normalized spacial score (nSPS) is 13.6. The summed E-state index contributed by atoms with van der Waals surface area (Å²) < 4.78 is 10.5. The van der Waals surface area contributed by atoms with Crippen molar-refractivity contribution in [2.75, 3.05) is 31.7 Å². The highest BCUT2D eigenvalue weighted by Crippen LogP contribution is 2.36. The van der Waals surface area contributed by atoms with Gasteiger partial charge in [-0.15, -0.1) is 0 Å². The van der Waals surface area contributed by atoms with Crippen LogP contribution in [0, 0.1) is 0 Å². The number of nitrogens with two attached hydrogens (primary N) is 1. The minimum absolute atomic E-state index is 0.147. The summed E-state index contributed by atoms with van der Waals surface area (Å²) in [5.41, 5.74) is 6.29. The molecule has 3 rings (SSSR count). The molecule has 0 spiro atoms. The molecule has 2 amide bonds. The number of anilines is 1. The molecule has 2 aromatic rings. The molecule has 1 fully saturated rings. The molecule has 1 aromatic carbocycles. The fourth-order valence-corrected chi connectivity index (χ4v) is 3.52. The number of ether oxygens (including phenoxy) is 2. The summed E-state index contributed by atoms with van der Waals surface area (Å²) in [6.07, 6.45) is 5.43. The molecule has 3 N–H and O–H groups in total. The Bertz CT molecular complexity index is 899. The summed E-state index contributed by atoms with van der Waals surface area (Å²) in [5.74, 6) is 0.396. The van der Waals surface area contributed by atoms with E-state index in [9.17, 15) is 9.59 Å². The van der Waals surface area contributed by atoms with Crippen LogP contribution in [0.1, 0.15) is 35.2 Å². The first-order valence-corrected chi connectivity index (χ1v) is 10.1. The van der Waals surface area contributed by atoms with Crippen LogP contribution in [0.4, 0.5) is 5.82 Å². The third-order valence-corrected chi connectivity index (χ3v) is 5.07. The SMILES string of the molecule is COc1cc(C(=O)NCc2ccc(N3CCCCC3)nc2)cc(Cl)c1OCC(N)=O. The third-order valence-electron chi connectivity index (χ3n) is 4.79. The quantitative estimate of drug-likeness (QED) is 0.663. The third kappa shape index (κ3) is 5.54. The van der Waals surface area contributed by atoms with Crippen molar-refractivity contribution in [3.63, 3.8) is 0 Å². The molecule has 1 aliphatic rings. The number of piperidine rings is 1. The van der Waals surface area contributed by atoms with Crippen LogP contribution in [-0.2, 0) is 11.3 Å². The molecule has 0 saturated carbocycles. The van der Waals surface area contributed by atoms with Gasteiger partial charge in [0.1, 0.15) is 5.82 Å². The van der Waals surface area contributed by atoms with E-state index in [2.05, 4.69) is 15.2 Å². The molecule has 0 radical (unpaired) electrons. The largest absolute Gasteiger partial charge is 0.493 e. The summed E-state index contributed by atoms with van der Waals surface area (Å²) in [6, 6.07) is 6.89. The number of hydrogen-bond acceptors (Lipinski definition) is 6. The van der Waals surface area contributed by atoms with Gasteiger partial charge in [0.25, 0.3) is 11.8 Å². The number of nitrogens with one attached hydrogen (secondary N) is 1. The lowest BCUT2D eigenvalue weighted by molar-refractivity contribution is -0.119. The predicted molar refractivity (Wildman–Crippen MR) is 114 cm³/mol. The highest BCUT2D eigenvalue weighted by molar-refractivity contribution is 6.32. The van der Waals surface area contributed by atoms with Crippen molar-refractivity contribution in [1.29, 1.82) is 0 Å². The molecule has 0 bridgehead atoms. The molecule has 160 valence electrons. The zero-order chi connectivity index (χ0) is 21.5. The second kappa shape index (κ2) is 10.2. The Hall–Kier alpha value is -3.00. The second-order valence-electron chi connectivity index (χ2n) is 7.00. The number of nitrogens with zero attached hydrogens (tertiary/aromatic N) is 2. The molecule has 9 heteroatoms. The molecular weight excluding hydrogens is 408 g/mol. The smallest absolute Gasteiger partial charge is 0.255 e. The summed E-state index contributed by atoms with van der Waals surface area (Å²) in [4.78, 5) is 30.3. The Morgan fingerprint density at radius 3 is 2.63 bits per heavy atom. The number of primary amides is 1. The van der Waals surface area contributed by atoms with Gasteiger partial charge in [0.05, 0.1) is 12.1 Å². The van der Waals surface area contributed by atoms with Gasteiger partial charge >= 0.3 is 0 Å². The van der Waals surface area contributed by atoms with Gasteiger partial charge in [0.15, 0.2) is 18.1 Å². The van der Waals surface area contributed by atoms with Crippen LogP contribution in [0.2, 0.25) is 5.02 Å². The molecule has 1 saturated heterocycles. The van der Waals surface area contributed by atoms with E-state index in [0.29, 0.717) is 12.1 Å². The fourth-order valence-electron chi connectivity index (χ4n) is 3.25. The van der Waals surface area contributed by atoms with Gasteiger partial charge in [-0.1, -0.05) is 17.7 Å². The van der Waals surface area contributed by atoms with E-state index in [4.69, 9.17) is 26.8 Å². The van der Waals surface area contributed by atoms with Crippen LogP contribution in [0.5, 0.6) is 11.5 Å². The minimum Gasteiger partial charge on any atom is -0.493 e. The highest BCUT2D eigenvalue weighted by Gasteiger charge is 2.17. The Morgan fingerprint density at radius 2 is 2.00 bits per heavy atom. The number of aromatic nitrogens is 1. The molecule has 1 aliphatic heterocycles. The van der Waals surface area contributed by atoms with E-state index in [1.165, 1.54) is 38.5 Å². The van der Waals surface area contributed by atoms with Crippen LogP contribution in [0.3, 0.4) is 0 Å². The molecule has 0 aliphatic carbocycles. The van der Waals surface area contributed by atoms with E-state index >= 15 is 0 Å². The zero-order valence-electron chi connectivity index (χ0n) is 16.8. The molecule has 2 heterocycles. The van der Waals surface area contributed by atoms with E-state index in [1.54, 1.807) is 6.20 Å².